The topological polar surface area (TPSA) is 66.4 Å². The molecule has 2 aliphatic rings. The van der Waals surface area contributed by atoms with Crippen LogP contribution in [0.5, 0.6) is 0 Å². The highest BCUT2D eigenvalue weighted by molar-refractivity contribution is 5.89. The molecule has 17 heavy (non-hydrogen) atoms. The Morgan fingerprint density at radius 1 is 1.06 bits per heavy atom. The summed E-state index contributed by atoms with van der Waals surface area (Å²) in [7, 11) is 0. The minimum absolute atomic E-state index is 0.0517. The van der Waals surface area contributed by atoms with E-state index < -0.39 is 11.9 Å². The molecule has 96 valence electrons. The van der Waals surface area contributed by atoms with E-state index in [0.717, 1.165) is 25.2 Å². The molecule has 2 fully saturated rings. The Morgan fingerprint density at radius 3 is 2.29 bits per heavy atom. The molecule has 2 aliphatic carbocycles. The van der Waals surface area contributed by atoms with Gasteiger partial charge in [0.05, 0.1) is 11.8 Å². The standard InChI is InChI=1S/C13H21NO3/c1-7-3-4-9(5-8(7)2)14-12(15)10-6-11(10)13(16)17/h7-11H,3-6H2,1-2H3,(H,14,15)(H,16,17). The highest BCUT2D eigenvalue weighted by Gasteiger charge is 2.48. The average Bonchev–Trinajstić information content (AvgIpc) is 3.03. The van der Waals surface area contributed by atoms with Gasteiger partial charge in [0.15, 0.2) is 0 Å². The van der Waals surface area contributed by atoms with E-state index in [9.17, 15) is 9.59 Å². The first-order valence-corrected chi connectivity index (χ1v) is 6.52. The van der Waals surface area contributed by atoms with Crippen molar-refractivity contribution in [3.05, 3.63) is 0 Å². The van der Waals surface area contributed by atoms with Crippen LogP contribution >= 0.6 is 0 Å². The van der Waals surface area contributed by atoms with Gasteiger partial charge in [0, 0.05) is 6.04 Å². The number of carbonyl (C=O) groups excluding carboxylic acids is 1. The second-order valence-corrected chi connectivity index (χ2v) is 5.76. The first-order valence-electron chi connectivity index (χ1n) is 6.52. The van der Waals surface area contributed by atoms with Gasteiger partial charge in [0.25, 0.3) is 0 Å². The third kappa shape index (κ3) is 2.79. The molecule has 5 atom stereocenters. The summed E-state index contributed by atoms with van der Waals surface area (Å²) < 4.78 is 0. The highest BCUT2D eigenvalue weighted by Crippen LogP contribution is 2.39. The Bertz CT molecular complexity index is 329. The number of rotatable bonds is 3. The molecule has 0 aromatic rings. The zero-order valence-corrected chi connectivity index (χ0v) is 10.5. The van der Waals surface area contributed by atoms with E-state index in [1.165, 1.54) is 0 Å². The quantitative estimate of drug-likeness (QED) is 0.787. The normalized spacial score (nSPS) is 40.7. The maximum atomic E-state index is 11.8. The average molecular weight is 239 g/mol. The van der Waals surface area contributed by atoms with Crippen LogP contribution in [0, 0.1) is 23.7 Å². The number of carboxylic acids is 1. The smallest absolute Gasteiger partial charge is 0.307 e. The Hall–Kier alpha value is -1.06. The van der Waals surface area contributed by atoms with E-state index in [0.29, 0.717) is 12.3 Å². The Morgan fingerprint density at radius 2 is 1.76 bits per heavy atom. The molecule has 0 bridgehead atoms. The summed E-state index contributed by atoms with van der Waals surface area (Å²) in [5, 5.41) is 11.8. The second-order valence-electron chi connectivity index (χ2n) is 5.76. The van der Waals surface area contributed by atoms with E-state index in [1.54, 1.807) is 0 Å². The van der Waals surface area contributed by atoms with Crippen LogP contribution in [0.1, 0.15) is 39.5 Å². The molecule has 0 aromatic carbocycles. The third-order valence-corrected chi connectivity index (χ3v) is 4.39. The lowest BCUT2D eigenvalue weighted by molar-refractivity contribution is -0.140. The zero-order chi connectivity index (χ0) is 12.6. The van der Waals surface area contributed by atoms with Crippen molar-refractivity contribution in [3.8, 4) is 0 Å². The minimum Gasteiger partial charge on any atom is -0.481 e. The van der Waals surface area contributed by atoms with Gasteiger partial charge in [0.1, 0.15) is 0 Å². The van der Waals surface area contributed by atoms with Crippen LogP contribution in [0.4, 0.5) is 0 Å². The van der Waals surface area contributed by atoms with Crippen LogP contribution in [0.15, 0.2) is 0 Å². The minimum atomic E-state index is -0.837. The SMILES string of the molecule is CC1CCC(NC(=O)C2CC2C(=O)O)CC1C. The molecule has 0 aromatic heterocycles. The van der Waals surface area contributed by atoms with Crippen molar-refractivity contribution in [2.75, 3.05) is 0 Å². The largest absolute Gasteiger partial charge is 0.481 e. The maximum Gasteiger partial charge on any atom is 0.307 e. The van der Waals surface area contributed by atoms with Crippen LogP contribution in [0.2, 0.25) is 0 Å². The van der Waals surface area contributed by atoms with E-state index in [2.05, 4.69) is 19.2 Å². The predicted octanol–water partition coefficient (Wildman–Crippen LogP) is 1.65. The second kappa shape index (κ2) is 4.67. The molecular formula is C13H21NO3. The Balaban J connectivity index is 1.78. The fourth-order valence-electron chi connectivity index (χ4n) is 2.74. The Kier molecular flexibility index (Phi) is 3.40. The molecule has 2 rings (SSSR count). The summed E-state index contributed by atoms with van der Waals surface area (Å²) in [5.74, 6) is -0.226. The number of nitrogens with one attached hydrogen (secondary N) is 1. The van der Waals surface area contributed by atoms with E-state index in [1.807, 2.05) is 0 Å². The highest BCUT2D eigenvalue weighted by atomic mass is 16.4. The molecule has 4 nitrogen and oxygen atoms in total. The maximum absolute atomic E-state index is 11.8. The first-order chi connectivity index (χ1) is 7.99. The van der Waals surface area contributed by atoms with Crippen molar-refractivity contribution in [2.24, 2.45) is 23.7 Å². The van der Waals surface area contributed by atoms with E-state index in [4.69, 9.17) is 5.11 Å². The monoisotopic (exact) mass is 239 g/mol. The van der Waals surface area contributed by atoms with Crippen LogP contribution in [-0.4, -0.2) is 23.0 Å². The number of carbonyl (C=O) groups is 2. The van der Waals surface area contributed by atoms with Crippen molar-refractivity contribution in [1.82, 2.24) is 5.32 Å². The van der Waals surface area contributed by atoms with Crippen molar-refractivity contribution in [3.63, 3.8) is 0 Å². The fourth-order valence-corrected chi connectivity index (χ4v) is 2.74. The van der Waals surface area contributed by atoms with Crippen LogP contribution in [0.25, 0.3) is 0 Å². The Labute approximate surface area is 102 Å². The van der Waals surface area contributed by atoms with Gasteiger partial charge in [-0.25, -0.2) is 0 Å². The lowest BCUT2D eigenvalue weighted by Gasteiger charge is -2.32. The van der Waals surface area contributed by atoms with Gasteiger partial charge >= 0.3 is 5.97 Å². The van der Waals surface area contributed by atoms with Gasteiger partial charge in [-0.05, 0) is 37.5 Å². The summed E-state index contributed by atoms with van der Waals surface area (Å²) >= 11 is 0. The third-order valence-electron chi connectivity index (χ3n) is 4.39. The molecule has 0 spiro atoms. The molecule has 4 heteroatoms. The predicted molar refractivity (Wildman–Crippen MR) is 63.3 cm³/mol. The summed E-state index contributed by atoms with van der Waals surface area (Å²) in [6.45, 7) is 4.48. The van der Waals surface area contributed by atoms with Gasteiger partial charge in [-0.1, -0.05) is 13.8 Å². The molecule has 2 N–H and O–H groups in total. The number of amides is 1. The van der Waals surface area contributed by atoms with Crippen molar-refractivity contribution in [2.45, 2.75) is 45.6 Å². The molecule has 2 saturated carbocycles. The number of carboxylic acid groups (broad SMARTS) is 1. The summed E-state index contributed by atoms with van der Waals surface area (Å²) in [6.07, 6.45) is 3.72. The van der Waals surface area contributed by atoms with Gasteiger partial charge in [0.2, 0.25) is 5.91 Å². The van der Waals surface area contributed by atoms with Gasteiger partial charge < -0.3 is 10.4 Å². The van der Waals surface area contributed by atoms with Gasteiger partial charge in [-0.15, -0.1) is 0 Å². The molecule has 0 aliphatic heterocycles. The number of hydrogen-bond donors (Lipinski definition) is 2. The summed E-state index contributed by atoms with van der Waals surface area (Å²) in [4.78, 5) is 22.5. The van der Waals surface area contributed by atoms with Gasteiger partial charge in [-0.3, -0.25) is 9.59 Å². The molecule has 5 unspecified atom stereocenters. The van der Waals surface area contributed by atoms with Gasteiger partial charge in [-0.2, -0.15) is 0 Å². The van der Waals surface area contributed by atoms with E-state index in [-0.39, 0.29) is 17.9 Å². The van der Waals surface area contributed by atoms with Crippen molar-refractivity contribution < 1.29 is 14.7 Å². The number of hydrogen-bond acceptors (Lipinski definition) is 2. The van der Waals surface area contributed by atoms with E-state index >= 15 is 0 Å². The van der Waals surface area contributed by atoms with Crippen LogP contribution < -0.4 is 5.32 Å². The van der Waals surface area contributed by atoms with Crippen molar-refractivity contribution >= 4 is 11.9 Å². The molecular weight excluding hydrogens is 218 g/mol. The molecule has 1 amide bonds. The van der Waals surface area contributed by atoms with Crippen LogP contribution in [0.3, 0.4) is 0 Å². The zero-order valence-electron chi connectivity index (χ0n) is 10.5. The fraction of sp³-hybridized carbons (Fsp3) is 0.846. The lowest BCUT2D eigenvalue weighted by Crippen LogP contribution is -2.41. The molecule has 0 saturated heterocycles. The lowest BCUT2D eigenvalue weighted by atomic mass is 9.79. The first kappa shape index (κ1) is 12.4. The number of aliphatic carboxylic acids is 1. The molecule has 0 heterocycles. The summed E-state index contributed by atoms with van der Waals surface area (Å²) in [6, 6.07) is 0.253. The molecule has 0 radical (unpaired) electrons. The summed E-state index contributed by atoms with van der Waals surface area (Å²) in [5.41, 5.74) is 0. The van der Waals surface area contributed by atoms with Crippen molar-refractivity contribution in [1.29, 1.82) is 0 Å². The van der Waals surface area contributed by atoms with Crippen LogP contribution in [-0.2, 0) is 9.59 Å².